The SMILES string of the molecule is C=CCCCN(C)C(=NCC1CCN(CCC)C1)NCC. The second-order valence-electron chi connectivity index (χ2n) is 6.00. The molecule has 0 aliphatic carbocycles. The molecule has 1 fully saturated rings. The molecule has 1 unspecified atom stereocenters. The lowest BCUT2D eigenvalue weighted by atomic mass is 10.1. The maximum absolute atomic E-state index is 4.85. The summed E-state index contributed by atoms with van der Waals surface area (Å²) < 4.78 is 0. The van der Waals surface area contributed by atoms with E-state index in [1.54, 1.807) is 0 Å². The Morgan fingerprint density at radius 3 is 2.95 bits per heavy atom. The van der Waals surface area contributed by atoms with Crippen LogP contribution in [0, 0.1) is 5.92 Å². The lowest BCUT2D eigenvalue weighted by Gasteiger charge is -2.22. The highest BCUT2D eigenvalue weighted by atomic mass is 15.3. The van der Waals surface area contributed by atoms with Crippen molar-refractivity contribution in [3.8, 4) is 0 Å². The minimum Gasteiger partial charge on any atom is -0.357 e. The highest BCUT2D eigenvalue weighted by molar-refractivity contribution is 5.79. The lowest BCUT2D eigenvalue weighted by molar-refractivity contribution is 0.326. The molecule has 1 aliphatic rings. The predicted molar refractivity (Wildman–Crippen MR) is 92.9 cm³/mol. The summed E-state index contributed by atoms with van der Waals surface area (Å²) in [4.78, 5) is 9.66. The lowest BCUT2D eigenvalue weighted by Crippen LogP contribution is -2.39. The van der Waals surface area contributed by atoms with Crippen LogP contribution < -0.4 is 5.32 Å². The van der Waals surface area contributed by atoms with Gasteiger partial charge in [0.2, 0.25) is 0 Å². The summed E-state index contributed by atoms with van der Waals surface area (Å²) in [5.74, 6) is 1.78. The van der Waals surface area contributed by atoms with Crippen LogP contribution in [0.25, 0.3) is 0 Å². The summed E-state index contributed by atoms with van der Waals surface area (Å²) in [6.45, 7) is 14.8. The third-order valence-corrected chi connectivity index (χ3v) is 4.01. The first-order valence-electron chi connectivity index (χ1n) is 8.53. The van der Waals surface area contributed by atoms with Gasteiger partial charge in [-0.2, -0.15) is 0 Å². The van der Waals surface area contributed by atoms with Crippen molar-refractivity contribution in [2.24, 2.45) is 10.9 Å². The van der Waals surface area contributed by atoms with Gasteiger partial charge >= 0.3 is 0 Å². The van der Waals surface area contributed by atoms with E-state index in [4.69, 9.17) is 4.99 Å². The van der Waals surface area contributed by atoms with E-state index in [2.05, 4.69) is 42.6 Å². The molecule has 0 bridgehead atoms. The van der Waals surface area contributed by atoms with Crippen LogP contribution in [0.1, 0.15) is 39.5 Å². The quantitative estimate of drug-likeness (QED) is 0.307. The van der Waals surface area contributed by atoms with E-state index in [9.17, 15) is 0 Å². The summed E-state index contributed by atoms with van der Waals surface area (Å²) in [6, 6.07) is 0. The molecule has 0 aromatic rings. The fourth-order valence-electron chi connectivity index (χ4n) is 2.85. The molecule has 0 aromatic carbocycles. The third-order valence-electron chi connectivity index (χ3n) is 4.01. The second-order valence-corrected chi connectivity index (χ2v) is 6.00. The number of guanidine groups is 1. The van der Waals surface area contributed by atoms with Gasteiger partial charge in [0.15, 0.2) is 5.96 Å². The monoisotopic (exact) mass is 294 g/mol. The number of likely N-dealkylation sites (tertiary alicyclic amines) is 1. The Morgan fingerprint density at radius 2 is 2.29 bits per heavy atom. The number of nitrogens with zero attached hydrogens (tertiary/aromatic N) is 3. The van der Waals surface area contributed by atoms with Crippen molar-refractivity contribution in [1.29, 1.82) is 0 Å². The van der Waals surface area contributed by atoms with Gasteiger partial charge in [0, 0.05) is 33.2 Å². The van der Waals surface area contributed by atoms with Crippen LogP contribution >= 0.6 is 0 Å². The minimum atomic E-state index is 0.729. The molecule has 4 nitrogen and oxygen atoms in total. The molecule has 0 aromatic heterocycles. The molecule has 0 amide bonds. The number of aliphatic imine (C=N–C) groups is 1. The molecule has 1 heterocycles. The van der Waals surface area contributed by atoms with Gasteiger partial charge in [0.1, 0.15) is 0 Å². The van der Waals surface area contributed by atoms with Crippen molar-refractivity contribution in [3.63, 3.8) is 0 Å². The second kappa shape index (κ2) is 10.7. The number of nitrogens with one attached hydrogen (secondary N) is 1. The van der Waals surface area contributed by atoms with Gasteiger partial charge in [-0.1, -0.05) is 13.0 Å². The van der Waals surface area contributed by atoms with Crippen molar-refractivity contribution in [2.45, 2.75) is 39.5 Å². The van der Waals surface area contributed by atoms with Crippen LogP contribution in [-0.2, 0) is 0 Å². The standard InChI is InChI=1S/C17H34N4/c1-5-8-9-12-20(4)17(18-7-3)19-14-16-10-13-21(15-16)11-6-2/h5,16H,1,6-15H2,2-4H3,(H,18,19). The Kier molecular flexibility index (Phi) is 9.15. The first-order valence-corrected chi connectivity index (χ1v) is 8.53. The molecule has 1 aliphatic heterocycles. The molecule has 1 atom stereocenters. The first-order chi connectivity index (χ1) is 10.2. The van der Waals surface area contributed by atoms with Crippen molar-refractivity contribution < 1.29 is 0 Å². The van der Waals surface area contributed by atoms with Gasteiger partial charge < -0.3 is 15.1 Å². The molecule has 4 heteroatoms. The summed E-state index contributed by atoms with van der Waals surface area (Å²) in [6.07, 6.45) is 6.74. The largest absolute Gasteiger partial charge is 0.357 e. The molecular formula is C17H34N4. The summed E-state index contributed by atoms with van der Waals surface area (Å²) >= 11 is 0. The topological polar surface area (TPSA) is 30.9 Å². The number of rotatable bonds is 9. The molecule has 21 heavy (non-hydrogen) atoms. The van der Waals surface area contributed by atoms with Crippen molar-refractivity contribution in [3.05, 3.63) is 12.7 Å². The van der Waals surface area contributed by atoms with E-state index in [0.717, 1.165) is 44.4 Å². The zero-order chi connectivity index (χ0) is 15.5. The van der Waals surface area contributed by atoms with E-state index >= 15 is 0 Å². The van der Waals surface area contributed by atoms with Gasteiger partial charge in [-0.15, -0.1) is 6.58 Å². The molecule has 1 saturated heterocycles. The molecule has 122 valence electrons. The molecule has 0 spiro atoms. The number of allylic oxidation sites excluding steroid dienone is 1. The normalized spacial score (nSPS) is 19.8. The maximum Gasteiger partial charge on any atom is 0.193 e. The van der Waals surface area contributed by atoms with E-state index in [0.29, 0.717) is 0 Å². The fraction of sp³-hybridized carbons (Fsp3) is 0.824. The predicted octanol–water partition coefficient (Wildman–Crippen LogP) is 2.58. The zero-order valence-electron chi connectivity index (χ0n) is 14.3. The Hall–Kier alpha value is -1.03. The van der Waals surface area contributed by atoms with Crippen molar-refractivity contribution in [2.75, 3.05) is 46.3 Å². The average molecular weight is 294 g/mol. The van der Waals surface area contributed by atoms with Crippen LogP contribution in [0.3, 0.4) is 0 Å². The van der Waals surface area contributed by atoms with Gasteiger partial charge in [-0.05, 0) is 51.6 Å². The van der Waals surface area contributed by atoms with Crippen LogP contribution in [0.4, 0.5) is 0 Å². The third kappa shape index (κ3) is 6.98. The molecule has 0 radical (unpaired) electrons. The van der Waals surface area contributed by atoms with Gasteiger partial charge in [-0.25, -0.2) is 0 Å². The zero-order valence-corrected chi connectivity index (χ0v) is 14.3. The molecule has 1 N–H and O–H groups in total. The van der Waals surface area contributed by atoms with Gasteiger partial charge in [0.05, 0.1) is 0 Å². The summed E-state index contributed by atoms with van der Waals surface area (Å²) in [7, 11) is 2.13. The highest BCUT2D eigenvalue weighted by Crippen LogP contribution is 2.16. The Morgan fingerprint density at radius 1 is 1.48 bits per heavy atom. The van der Waals surface area contributed by atoms with Crippen LogP contribution in [0.5, 0.6) is 0 Å². The number of unbranched alkanes of at least 4 members (excludes halogenated alkanes) is 1. The van der Waals surface area contributed by atoms with E-state index < -0.39 is 0 Å². The Bertz CT molecular complexity index is 314. The van der Waals surface area contributed by atoms with Crippen molar-refractivity contribution in [1.82, 2.24) is 15.1 Å². The van der Waals surface area contributed by atoms with Crippen LogP contribution in [0.15, 0.2) is 17.6 Å². The molecule has 1 rings (SSSR count). The van der Waals surface area contributed by atoms with Crippen LogP contribution in [0.2, 0.25) is 0 Å². The highest BCUT2D eigenvalue weighted by Gasteiger charge is 2.21. The van der Waals surface area contributed by atoms with E-state index in [1.165, 1.54) is 32.5 Å². The first kappa shape index (κ1) is 18.0. The van der Waals surface area contributed by atoms with E-state index in [1.807, 2.05) is 6.08 Å². The van der Waals surface area contributed by atoms with E-state index in [-0.39, 0.29) is 0 Å². The van der Waals surface area contributed by atoms with Crippen LogP contribution in [-0.4, -0.2) is 62.1 Å². The number of hydrogen-bond acceptors (Lipinski definition) is 2. The Balaban J connectivity index is 2.42. The van der Waals surface area contributed by atoms with Gasteiger partial charge in [-0.3, -0.25) is 4.99 Å². The summed E-state index contributed by atoms with van der Waals surface area (Å²) in [5.41, 5.74) is 0. The smallest absolute Gasteiger partial charge is 0.193 e. The summed E-state index contributed by atoms with van der Waals surface area (Å²) in [5, 5.41) is 3.41. The van der Waals surface area contributed by atoms with Gasteiger partial charge in [0.25, 0.3) is 0 Å². The Labute approximate surface area is 131 Å². The average Bonchev–Trinajstić information content (AvgIpc) is 2.91. The maximum atomic E-state index is 4.85. The minimum absolute atomic E-state index is 0.729. The molecule has 0 saturated carbocycles. The molecular weight excluding hydrogens is 260 g/mol. The van der Waals surface area contributed by atoms with Crippen molar-refractivity contribution >= 4 is 5.96 Å². The fourth-order valence-corrected chi connectivity index (χ4v) is 2.85. The number of hydrogen-bond donors (Lipinski definition) is 1.